The van der Waals surface area contributed by atoms with Crippen LogP contribution in [0.2, 0.25) is 0 Å². The minimum atomic E-state index is -0.390. The van der Waals surface area contributed by atoms with E-state index in [2.05, 4.69) is 4.90 Å². The lowest BCUT2D eigenvalue weighted by molar-refractivity contribution is -0.146. The summed E-state index contributed by atoms with van der Waals surface area (Å²) in [6.45, 7) is 5.34. The number of likely N-dealkylation sites (tertiary alicyclic amines) is 1. The minimum Gasteiger partial charge on any atom is -0.339 e. The molecule has 1 saturated heterocycles. The van der Waals surface area contributed by atoms with Gasteiger partial charge in [0.15, 0.2) is 0 Å². The van der Waals surface area contributed by atoms with Crippen LogP contribution in [0.5, 0.6) is 0 Å². The molecule has 2 aliphatic rings. The van der Waals surface area contributed by atoms with Crippen molar-refractivity contribution in [2.45, 2.75) is 58.4 Å². The number of nitrogens with zero attached hydrogens (tertiary/aromatic N) is 1. The van der Waals surface area contributed by atoms with Gasteiger partial charge in [0.1, 0.15) is 0 Å². The molecule has 1 aliphatic carbocycles. The monoisotopic (exact) mass is 238 g/mol. The maximum Gasteiger partial charge on any atom is 0.229 e. The van der Waals surface area contributed by atoms with E-state index >= 15 is 0 Å². The summed E-state index contributed by atoms with van der Waals surface area (Å²) in [4.78, 5) is 14.7. The number of piperidine rings is 1. The fourth-order valence-electron chi connectivity index (χ4n) is 3.35. The van der Waals surface area contributed by atoms with Crippen LogP contribution in [0, 0.1) is 11.3 Å². The van der Waals surface area contributed by atoms with Gasteiger partial charge in [0, 0.05) is 19.1 Å². The number of fused-ring (bicyclic) bond motifs is 1. The summed E-state index contributed by atoms with van der Waals surface area (Å²) in [6.07, 6.45) is 7.65. The molecule has 0 aromatic carbocycles. The zero-order valence-electron chi connectivity index (χ0n) is 11.2. The van der Waals surface area contributed by atoms with Crippen LogP contribution in [0.4, 0.5) is 0 Å². The molecule has 0 aromatic rings. The zero-order valence-corrected chi connectivity index (χ0v) is 11.2. The van der Waals surface area contributed by atoms with Gasteiger partial charge in [-0.05, 0) is 45.4 Å². The van der Waals surface area contributed by atoms with Crippen molar-refractivity contribution >= 4 is 5.91 Å². The Balaban J connectivity index is 2.11. The van der Waals surface area contributed by atoms with Crippen molar-refractivity contribution in [3.05, 3.63) is 0 Å². The quantitative estimate of drug-likeness (QED) is 0.801. The van der Waals surface area contributed by atoms with Crippen LogP contribution in [-0.4, -0.2) is 29.9 Å². The van der Waals surface area contributed by atoms with Crippen molar-refractivity contribution in [3.63, 3.8) is 0 Å². The second kappa shape index (κ2) is 4.97. The number of hydrogen-bond acceptors (Lipinski definition) is 2. The smallest absolute Gasteiger partial charge is 0.229 e. The number of nitrogens with two attached hydrogens (primary N) is 1. The van der Waals surface area contributed by atoms with E-state index in [4.69, 9.17) is 5.73 Å². The lowest BCUT2D eigenvalue weighted by Crippen LogP contribution is -2.54. The van der Waals surface area contributed by atoms with Gasteiger partial charge in [0.25, 0.3) is 0 Å². The third-order valence-corrected chi connectivity index (χ3v) is 4.59. The molecule has 2 fully saturated rings. The van der Waals surface area contributed by atoms with E-state index in [1.807, 2.05) is 13.8 Å². The predicted octanol–water partition coefficient (Wildman–Crippen LogP) is 2.15. The van der Waals surface area contributed by atoms with E-state index in [-0.39, 0.29) is 11.3 Å². The summed E-state index contributed by atoms with van der Waals surface area (Å²) in [6, 6.07) is 0.510. The van der Waals surface area contributed by atoms with Gasteiger partial charge < -0.3 is 10.6 Å². The standard InChI is InChI=1S/C14H26N2O/c1-14(2,10-15)13(17)16-9-5-7-11-6-3-4-8-12(11)16/h11-12H,3-10,15H2,1-2H3/t11-,12-/m1/s1. The van der Waals surface area contributed by atoms with Crippen molar-refractivity contribution in [2.24, 2.45) is 17.1 Å². The fourth-order valence-corrected chi connectivity index (χ4v) is 3.35. The molecule has 2 rings (SSSR count). The van der Waals surface area contributed by atoms with E-state index < -0.39 is 0 Å². The number of rotatable bonds is 2. The minimum absolute atomic E-state index is 0.275. The van der Waals surface area contributed by atoms with E-state index in [1.54, 1.807) is 0 Å². The molecule has 1 saturated carbocycles. The molecular weight excluding hydrogens is 212 g/mol. The predicted molar refractivity (Wildman–Crippen MR) is 69.5 cm³/mol. The Labute approximate surface area is 105 Å². The van der Waals surface area contributed by atoms with Crippen molar-refractivity contribution in [3.8, 4) is 0 Å². The molecule has 0 unspecified atom stereocenters. The van der Waals surface area contributed by atoms with Crippen LogP contribution in [0.25, 0.3) is 0 Å². The van der Waals surface area contributed by atoms with E-state index in [9.17, 15) is 4.79 Å². The molecule has 0 aromatic heterocycles. The summed E-state index contributed by atoms with van der Waals surface area (Å²) >= 11 is 0. The van der Waals surface area contributed by atoms with Crippen LogP contribution in [0.1, 0.15) is 52.4 Å². The van der Waals surface area contributed by atoms with Crippen LogP contribution in [-0.2, 0) is 4.79 Å². The van der Waals surface area contributed by atoms with Gasteiger partial charge >= 0.3 is 0 Å². The summed E-state index contributed by atoms with van der Waals surface area (Å²) in [5.74, 6) is 1.03. The third kappa shape index (κ3) is 2.49. The molecule has 0 radical (unpaired) electrons. The van der Waals surface area contributed by atoms with Crippen LogP contribution in [0.3, 0.4) is 0 Å². The first kappa shape index (κ1) is 12.9. The lowest BCUT2D eigenvalue weighted by atomic mass is 9.77. The highest BCUT2D eigenvalue weighted by molar-refractivity contribution is 5.82. The summed E-state index contributed by atoms with van der Waals surface area (Å²) in [7, 11) is 0. The normalized spacial score (nSPS) is 29.9. The Morgan fingerprint density at radius 1 is 1.24 bits per heavy atom. The Hall–Kier alpha value is -0.570. The molecule has 1 amide bonds. The van der Waals surface area contributed by atoms with Gasteiger partial charge in [-0.25, -0.2) is 0 Å². The van der Waals surface area contributed by atoms with Crippen molar-refractivity contribution < 1.29 is 4.79 Å². The third-order valence-electron chi connectivity index (χ3n) is 4.59. The topological polar surface area (TPSA) is 46.3 Å². The maximum absolute atomic E-state index is 12.6. The van der Waals surface area contributed by atoms with Crippen molar-refractivity contribution in [1.82, 2.24) is 4.90 Å². The van der Waals surface area contributed by atoms with Crippen molar-refractivity contribution in [2.75, 3.05) is 13.1 Å². The largest absolute Gasteiger partial charge is 0.339 e. The zero-order chi connectivity index (χ0) is 12.5. The first-order valence-electron chi connectivity index (χ1n) is 7.07. The van der Waals surface area contributed by atoms with Crippen LogP contribution >= 0.6 is 0 Å². The molecule has 3 heteroatoms. The Morgan fingerprint density at radius 3 is 2.59 bits per heavy atom. The lowest BCUT2D eigenvalue weighted by Gasteiger charge is -2.46. The second-order valence-corrected chi connectivity index (χ2v) is 6.34. The highest BCUT2D eigenvalue weighted by Gasteiger charge is 2.40. The van der Waals surface area contributed by atoms with Gasteiger partial charge in [0.2, 0.25) is 5.91 Å². The first-order chi connectivity index (χ1) is 8.06. The van der Waals surface area contributed by atoms with Gasteiger partial charge in [-0.3, -0.25) is 4.79 Å². The molecule has 0 bridgehead atoms. The van der Waals surface area contributed by atoms with Crippen LogP contribution < -0.4 is 5.73 Å². The SMILES string of the molecule is CC(C)(CN)C(=O)N1CCC[C@H]2CCCC[C@H]21. The first-order valence-corrected chi connectivity index (χ1v) is 7.07. The van der Waals surface area contributed by atoms with Crippen molar-refractivity contribution in [1.29, 1.82) is 0 Å². The van der Waals surface area contributed by atoms with E-state index in [0.29, 0.717) is 12.6 Å². The number of amides is 1. The molecule has 3 nitrogen and oxygen atoms in total. The summed E-state index contributed by atoms with van der Waals surface area (Å²) in [5.41, 5.74) is 5.34. The molecule has 1 aliphatic heterocycles. The van der Waals surface area contributed by atoms with Gasteiger partial charge in [-0.15, -0.1) is 0 Å². The molecule has 2 N–H and O–H groups in total. The van der Waals surface area contributed by atoms with Crippen LogP contribution in [0.15, 0.2) is 0 Å². The molecule has 0 spiro atoms. The number of hydrogen-bond donors (Lipinski definition) is 1. The Kier molecular flexibility index (Phi) is 3.76. The highest BCUT2D eigenvalue weighted by Crippen LogP contribution is 2.36. The molecule has 2 atom stereocenters. The number of carbonyl (C=O) groups excluding carboxylic acids is 1. The summed E-state index contributed by atoms with van der Waals surface area (Å²) in [5, 5.41) is 0. The highest BCUT2D eigenvalue weighted by atomic mass is 16.2. The average molecular weight is 238 g/mol. The summed E-state index contributed by atoms with van der Waals surface area (Å²) < 4.78 is 0. The second-order valence-electron chi connectivity index (χ2n) is 6.34. The van der Waals surface area contributed by atoms with Gasteiger partial charge in [-0.2, -0.15) is 0 Å². The molecule has 98 valence electrons. The Bertz CT molecular complexity index is 286. The maximum atomic E-state index is 12.6. The van der Waals surface area contributed by atoms with E-state index in [1.165, 1.54) is 38.5 Å². The molecule has 1 heterocycles. The molecule has 17 heavy (non-hydrogen) atoms. The van der Waals surface area contributed by atoms with Gasteiger partial charge in [0.05, 0.1) is 5.41 Å². The van der Waals surface area contributed by atoms with E-state index in [0.717, 1.165) is 12.5 Å². The number of carbonyl (C=O) groups is 1. The fraction of sp³-hybridized carbons (Fsp3) is 0.929. The molecular formula is C14H26N2O. The van der Waals surface area contributed by atoms with Gasteiger partial charge in [-0.1, -0.05) is 12.8 Å². The Morgan fingerprint density at radius 2 is 1.88 bits per heavy atom. The average Bonchev–Trinajstić information content (AvgIpc) is 2.37.